The number of aromatic nitrogens is 1. The molecule has 70 valence electrons. The summed E-state index contributed by atoms with van der Waals surface area (Å²) in [6.45, 7) is 1.32. The number of aryl methyl sites for hydroxylation is 1. The van der Waals surface area contributed by atoms with Gasteiger partial charge in [0.25, 0.3) is 5.91 Å². The molecular weight excluding hydrogens is 170 g/mol. The van der Waals surface area contributed by atoms with E-state index in [4.69, 9.17) is 0 Å². The maximum absolute atomic E-state index is 11.2. The van der Waals surface area contributed by atoms with E-state index in [-0.39, 0.29) is 11.8 Å². The Hall–Kier alpha value is -1.78. The Balaban J connectivity index is 2.54. The van der Waals surface area contributed by atoms with Crippen LogP contribution >= 0.6 is 0 Å². The van der Waals surface area contributed by atoms with Crippen molar-refractivity contribution < 1.29 is 9.59 Å². The van der Waals surface area contributed by atoms with E-state index in [0.717, 1.165) is 0 Å². The lowest BCUT2D eigenvalue weighted by Crippen LogP contribution is -2.40. The second-order valence-corrected chi connectivity index (χ2v) is 2.70. The maximum Gasteiger partial charge on any atom is 0.271 e. The molecule has 2 N–H and O–H groups in total. The standard InChI is InChI=1S/C8H11N3O2/c1-6(12)9-10-8(13)7-3-4-11(2)5-7/h3-5H,1-2H3,(H,9,12)(H,10,13). The first-order valence-corrected chi connectivity index (χ1v) is 3.78. The lowest BCUT2D eigenvalue weighted by Gasteiger charge is -2.02. The van der Waals surface area contributed by atoms with E-state index in [1.807, 2.05) is 7.05 Å². The number of rotatable bonds is 1. The zero-order valence-corrected chi connectivity index (χ0v) is 7.50. The van der Waals surface area contributed by atoms with E-state index in [9.17, 15) is 9.59 Å². The highest BCUT2D eigenvalue weighted by Crippen LogP contribution is 1.97. The summed E-state index contributed by atoms with van der Waals surface area (Å²) in [7, 11) is 1.81. The minimum Gasteiger partial charge on any atom is -0.356 e. The number of carbonyl (C=O) groups excluding carboxylic acids is 2. The van der Waals surface area contributed by atoms with Gasteiger partial charge in [0.1, 0.15) is 0 Å². The number of amides is 2. The summed E-state index contributed by atoms with van der Waals surface area (Å²) in [5.74, 6) is -0.625. The zero-order chi connectivity index (χ0) is 9.84. The van der Waals surface area contributed by atoms with Crippen molar-refractivity contribution in [3.63, 3.8) is 0 Å². The SMILES string of the molecule is CC(=O)NNC(=O)c1ccn(C)c1. The lowest BCUT2D eigenvalue weighted by atomic mass is 10.3. The fourth-order valence-corrected chi connectivity index (χ4v) is 0.855. The fraction of sp³-hybridized carbons (Fsp3) is 0.250. The van der Waals surface area contributed by atoms with Gasteiger partial charge in [-0.2, -0.15) is 0 Å². The van der Waals surface area contributed by atoms with E-state index >= 15 is 0 Å². The van der Waals surface area contributed by atoms with Crippen LogP contribution < -0.4 is 10.9 Å². The fourth-order valence-electron chi connectivity index (χ4n) is 0.855. The van der Waals surface area contributed by atoms with Crippen molar-refractivity contribution in [1.29, 1.82) is 0 Å². The van der Waals surface area contributed by atoms with Crippen LogP contribution in [0, 0.1) is 0 Å². The van der Waals surface area contributed by atoms with Gasteiger partial charge < -0.3 is 4.57 Å². The van der Waals surface area contributed by atoms with Gasteiger partial charge >= 0.3 is 0 Å². The Bertz CT molecular complexity index is 330. The van der Waals surface area contributed by atoms with E-state index in [1.54, 1.807) is 23.0 Å². The second-order valence-electron chi connectivity index (χ2n) is 2.70. The summed E-state index contributed by atoms with van der Waals surface area (Å²) in [6, 6.07) is 1.66. The third-order valence-corrected chi connectivity index (χ3v) is 1.45. The number of hydrogen-bond donors (Lipinski definition) is 2. The monoisotopic (exact) mass is 181 g/mol. The van der Waals surface area contributed by atoms with Gasteiger partial charge in [-0.15, -0.1) is 0 Å². The van der Waals surface area contributed by atoms with Crippen LogP contribution in [0.1, 0.15) is 17.3 Å². The minimum absolute atomic E-state index is 0.302. The molecule has 13 heavy (non-hydrogen) atoms. The van der Waals surface area contributed by atoms with Gasteiger partial charge in [-0.05, 0) is 6.07 Å². The maximum atomic E-state index is 11.2. The lowest BCUT2D eigenvalue weighted by molar-refractivity contribution is -0.119. The highest BCUT2D eigenvalue weighted by Gasteiger charge is 2.05. The predicted octanol–water partition coefficient (Wildman–Crippen LogP) is -0.194. The molecule has 0 unspecified atom stereocenters. The molecule has 5 heteroatoms. The van der Waals surface area contributed by atoms with E-state index in [0.29, 0.717) is 5.56 Å². The number of hydrogen-bond acceptors (Lipinski definition) is 2. The van der Waals surface area contributed by atoms with Crippen LogP contribution in [0.25, 0.3) is 0 Å². The van der Waals surface area contributed by atoms with E-state index in [1.165, 1.54) is 6.92 Å². The molecule has 0 saturated heterocycles. The van der Waals surface area contributed by atoms with Crippen molar-refractivity contribution in [3.8, 4) is 0 Å². The normalized spacial score (nSPS) is 9.38. The molecule has 0 aliphatic rings. The summed E-state index contributed by atoms with van der Waals surface area (Å²) in [4.78, 5) is 21.7. The Morgan fingerprint density at radius 3 is 2.54 bits per heavy atom. The topological polar surface area (TPSA) is 63.1 Å². The average molecular weight is 181 g/mol. The highest BCUT2D eigenvalue weighted by molar-refractivity contribution is 5.94. The molecule has 0 aliphatic heterocycles. The van der Waals surface area contributed by atoms with Crippen LogP contribution in [-0.2, 0) is 11.8 Å². The number of hydrazine groups is 1. The van der Waals surface area contributed by atoms with Crippen LogP contribution in [0.15, 0.2) is 18.5 Å². The van der Waals surface area contributed by atoms with Gasteiger partial charge in [0, 0.05) is 26.4 Å². The molecule has 1 heterocycles. The Morgan fingerprint density at radius 2 is 2.08 bits per heavy atom. The number of nitrogens with one attached hydrogen (secondary N) is 2. The van der Waals surface area contributed by atoms with Crippen molar-refractivity contribution in [1.82, 2.24) is 15.4 Å². The molecule has 0 spiro atoms. The summed E-state index contributed by atoms with van der Waals surface area (Å²) >= 11 is 0. The van der Waals surface area contributed by atoms with Crippen molar-refractivity contribution in [3.05, 3.63) is 24.0 Å². The molecule has 1 aromatic rings. The second kappa shape index (κ2) is 3.75. The van der Waals surface area contributed by atoms with Gasteiger partial charge in [-0.1, -0.05) is 0 Å². The van der Waals surface area contributed by atoms with E-state index < -0.39 is 0 Å². The van der Waals surface area contributed by atoms with Crippen molar-refractivity contribution in [2.75, 3.05) is 0 Å². The molecule has 5 nitrogen and oxygen atoms in total. The first-order chi connectivity index (χ1) is 6.09. The van der Waals surface area contributed by atoms with Gasteiger partial charge in [-0.25, -0.2) is 0 Å². The minimum atomic E-state index is -0.323. The summed E-state index contributed by atoms with van der Waals surface area (Å²) < 4.78 is 1.75. The molecule has 0 saturated carbocycles. The molecule has 1 rings (SSSR count). The van der Waals surface area contributed by atoms with Crippen molar-refractivity contribution in [2.45, 2.75) is 6.92 Å². The van der Waals surface area contributed by atoms with Crippen molar-refractivity contribution in [2.24, 2.45) is 7.05 Å². The molecule has 0 radical (unpaired) electrons. The van der Waals surface area contributed by atoms with Crippen LogP contribution in [0.2, 0.25) is 0 Å². The highest BCUT2D eigenvalue weighted by atomic mass is 16.2. The molecule has 0 aliphatic carbocycles. The Kier molecular flexibility index (Phi) is 2.69. The van der Waals surface area contributed by atoms with Gasteiger partial charge in [0.05, 0.1) is 5.56 Å². The smallest absolute Gasteiger partial charge is 0.271 e. The summed E-state index contributed by atoms with van der Waals surface area (Å²) in [5, 5.41) is 0. The molecule has 0 fully saturated rings. The molecule has 0 bridgehead atoms. The van der Waals surface area contributed by atoms with Gasteiger partial charge in [-0.3, -0.25) is 20.4 Å². The Labute approximate surface area is 75.7 Å². The third kappa shape index (κ3) is 2.62. The largest absolute Gasteiger partial charge is 0.356 e. The van der Waals surface area contributed by atoms with E-state index in [2.05, 4.69) is 10.9 Å². The molecule has 0 atom stereocenters. The quantitative estimate of drug-likeness (QED) is 0.590. The van der Waals surface area contributed by atoms with Gasteiger partial charge in [0.2, 0.25) is 5.91 Å². The van der Waals surface area contributed by atoms with Gasteiger partial charge in [0.15, 0.2) is 0 Å². The number of carbonyl (C=O) groups is 2. The third-order valence-electron chi connectivity index (χ3n) is 1.45. The first kappa shape index (κ1) is 9.31. The predicted molar refractivity (Wildman–Crippen MR) is 46.7 cm³/mol. The summed E-state index contributed by atoms with van der Waals surface area (Å²) in [6.07, 6.45) is 3.42. The Morgan fingerprint density at radius 1 is 1.38 bits per heavy atom. The molecular formula is C8H11N3O2. The average Bonchev–Trinajstić information content (AvgIpc) is 2.47. The van der Waals surface area contributed by atoms with Crippen LogP contribution in [0.4, 0.5) is 0 Å². The first-order valence-electron chi connectivity index (χ1n) is 3.78. The molecule has 2 amide bonds. The summed E-state index contributed by atoms with van der Waals surface area (Å²) in [5.41, 5.74) is 4.98. The number of nitrogens with zero attached hydrogens (tertiary/aromatic N) is 1. The van der Waals surface area contributed by atoms with Crippen LogP contribution in [0.5, 0.6) is 0 Å². The molecule has 1 aromatic heterocycles. The molecule has 0 aromatic carbocycles. The van der Waals surface area contributed by atoms with Crippen LogP contribution in [0.3, 0.4) is 0 Å². The van der Waals surface area contributed by atoms with Crippen LogP contribution in [-0.4, -0.2) is 16.4 Å². The zero-order valence-electron chi connectivity index (χ0n) is 7.50. The van der Waals surface area contributed by atoms with Crippen molar-refractivity contribution >= 4 is 11.8 Å².